The van der Waals surface area contributed by atoms with Crippen molar-refractivity contribution in [3.63, 3.8) is 0 Å². The molecule has 1 aromatic heterocycles. The molecule has 0 radical (unpaired) electrons. The molecule has 138 valence electrons. The van der Waals surface area contributed by atoms with Crippen molar-refractivity contribution in [1.29, 1.82) is 5.26 Å². The number of amides is 1. The lowest BCUT2D eigenvalue weighted by atomic mass is 9.90. The van der Waals surface area contributed by atoms with Crippen molar-refractivity contribution in [3.05, 3.63) is 29.8 Å². The summed E-state index contributed by atoms with van der Waals surface area (Å²) in [7, 11) is 0. The Morgan fingerprint density at radius 1 is 1.38 bits per heavy atom. The number of nitrogens with one attached hydrogen (secondary N) is 1. The number of hydrogen-bond donors (Lipinski definition) is 1. The number of aromatic nitrogens is 3. The van der Waals surface area contributed by atoms with Crippen LogP contribution in [-0.4, -0.2) is 32.0 Å². The van der Waals surface area contributed by atoms with Crippen LogP contribution in [0, 0.1) is 24.2 Å². The summed E-state index contributed by atoms with van der Waals surface area (Å²) in [6.07, 6.45) is 0. The number of benzene rings is 1. The van der Waals surface area contributed by atoms with Crippen molar-refractivity contribution in [1.82, 2.24) is 20.1 Å². The molecule has 0 saturated carbocycles. The molecule has 1 amide bonds. The van der Waals surface area contributed by atoms with Crippen LogP contribution >= 0.6 is 11.8 Å². The zero-order valence-corrected chi connectivity index (χ0v) is 16.7. The predicted octanol–water partition coefficient (Wildman–Crippen LogP) is 3.42. The van der Waals surface area contributed by atoms with Gasteiger partial charge in [0.05, 0.1) is 11.8 Å². The zero-order chi connectivity index (χ0) is 19.3. The minimum atomic E-state index is -0.873. The number of aryl methyl sites for hydroxylation is 1. The summed E-state index contributed by atoms with van der Waals surface area (Å²) >= 11 is 1.33. The maximum Gasteiger partial charge on any atom is 0.231 e. The van der Waals surface area contributed by atoms with Crippen LogP contribution < -0.4 is 5.32 Å². The number of hydrogen-bond acceptors (Lipinski definition) is 5. The third-order valence-electron chi connectivity index (χ3n) is 4.54. The fraction of sp³-hybridized carbons (Fsp3) is 0.474. The smallest absolute Gasteiger partial charge is 0.231 e. The van der Waals surface area contributed by atoms with E-state index in [0.717, 1.165) is 17.0 Å². The van der Waals surface area contributed by atoms with Crippen molar-refractivity contribution >= 4 is 17.7 Å². The molecule has 1 N–H and O–H groups in total. The largest absolute Gasteiger partial charge is 0.337 e. The SMILES string of the molecule is CCn1c(SCC(=O)NC(C)(C#N)C(C)C)nnc1-c1ccccc1C. The lowest BCUT2D eigenvalue weighted by Crippen LogP contribution is -2.49. The number of carbonyl (C=O) groups is 1. The molecule has 6 nitrogen and oxygen atoms in total. The molecule has 26 heavy (non-hydrogen) atoms. The van der Waals surface area contributed by atoms with Crippen LogP contribution in [0.25, 0.3) is 11.4 Å². The van der Waals surface area contributed by atoms with Gasteiger partial charge in [0.25, 0.3) is 0 Å². The standard InChI is InChI=1S/C19H25N5OS/c1-6-24-17(15-10-8-7-9-14(15)4)22-23-18(24)26-11-16(25)21-19(5,12-20)13(2)3/h7-10,13H,6,11H2,1-5H3,(H,21,25). The summed E-state index contributed by atoms with van der Waals surface area (Å²) in [6.45, 7) is 10.4. The van der Waals surface area contributed by atoms with E-state index < -0.39 is 5.54 Å². The maximum atomic E-state index is 12.3. The maximum absolute atomic E-state index is 12.3. The lowest BCUT2D eigenvalue weighted by molar-refractivity contribution is -0.120. The van der Waals surface area contributed by atoms with E-state index >= 15 is 0 Å². The molecule has 1 aromatic carbocycles. The summed E-state index contributed by atoms with van der Waals surface area (Å²) in [6, 6.07) is 10.2. The van der Waals surface area contributed by atoms with Crippen LogP contribution in [0.15, 0.2) is 29.4 Å². The summed E-state index contributed by atoms with van der Waals surface area (Å²) in [4.78, 5) is 12.3. The van der Waals surface area contributed by atoms with E-state index in [4.69, 9.17) is 0 Å². The molecular weight excluding hydrogens is 346 g/mol. The van der Waals surface area contributed by atoms with Gasteiger partial charge in [0.2, 0.25) is 5.91 Å². The molecule has 0 saturated heterocycles. The van der Waals surface area contributed by atoms with Crippen molar-refractivity contribution in [2.45, 2.75) is 51.9 Å². The molecule has 1 atom stereocenters. The number of carbonyl (C=O) groups excluding carboxylic acids is 1. The average Bonchev–Trinajstić information content (AvgIpc) is 3.02. The number of rotatable bonds is 7. The Morgan fingerprint density at radius 3 is 2.65 bits per heavy atom. The van der Waals surface area contributed by atoms with Gasteiger partial charge >= 0.3 is 0 Å². The monoisotopic (exact) mass is 371 g/mol. The van der Waals surface area contributed by atoms with Crippen LogP contribution in [0.5, 0.6) is 0 Å². The average molecular weight is 372 g/mol. The van der Waals surface area contributed by atoms with E-state index in [1.54, 1.807) is 6.92 Å². The van der Waals surface area contributed by atoms with E-state index in [9.17, 15) is 10.1 Å². The lowest BCUT2D eigenvalue weighted by Gasteiger charge is -2.27. The van der Waals surface area contributed by atoms with Gasteiger partial charge in [-0.25, -0.2) is 0 Å². The van der Waals surface area contributed by atoms with E-state index in [-0.39, 0.29) is 17.6 Å². The highest BCUT2D eigenvalue weighted by atomic mass is 32.2. The molecule has 7 heteroatoms. The molecule has 0 aliphatic heterocycles. The predicted molar refractivity (Wildman–Crippen MR) is 104 cm³/mol. The molecule has 0 aliphatic rings. The molecule has 0 bridgehead atoms. The van der Waals surface area contributed by atoms with Gasteiger partial charge in [-0.05, 0) is 32.3 Å². The molecular formula is C19H25N5OS. The van der Waals surface area contributed by atoms with Crippen molar-refractivity contribution in [2.24, 2.45) is 5.92 Å². The Morgan fingerprint density at radius 2 is 2.08 bits per heavy atom. The molecule has 2 aromatic rings. The van der Waals surface area contributed by atoms with Crippen LogP contribution in [-0.2, 0) is 11.3 Å². The molecule has 2 rings (SSSR count). The second-order valence-electron chi connectivity index (χ2n) is 6.67. The summed E-state index contributed by atoms with van der Waals surface area (Å²) in [5.74, 6) is 0.831. The van der Waals surface area contributed by atoms with E-state index in [1.807, 2.05) is 56.5 Å². The van der Waals surface area contributed by atoms with Gasteiger partial charge in [-0.15, -0.1) is 10.2 Å². The van der Waals surface area contributed by atoms with Gasteiger partial charge in [0.1, 0.15) is 5.54 Å². The van der Waals surface area contributed by atoms with E-state index in [1.165, 1.54) is 11.8 Å². The minimum Gasteiger partial charge on any atom is -0.337 e. The van der Waals surface area contributed by atoms with Crippen LogP contribution in [0.4, 0.5) is 0 Å². The highest BCUT2D eigenvalue weighted by molar-refractivity contribution is 7.99. The normalized spacial score (nSPS) is 13.3. The van der Waals surface area contributed by atoms with E-state index in [0.29, 0.717) is 11.7 Å². The van der Waals surface area contributed by atoms with Gasteiger partial charge in [0, 0.05) is 12.1 Å². The second-order valence-corrected chi connectivity index (χ2v) is 7.61. The van der Waals surface area contributed by atoms with Crippen molar-refractivity contribution in [3.8, 4) is 17.5 Å². The first-order valence-corrected chi connectivity index (χ1v) is 9.65. The van der Waals surface area contributed by atoms with Crippen molar-refractivity contribution in [2.75, 3.05) is 5.75 Å². The van der Waals surface area contributed by atoms with Gasteiger partial charge in [-0.3, -0.25) is 4.79 Å². The Labute approximate surface area is 159 Å². The zero-order valence-electron chi connectivity index (χ0n) is 15.9. The number of thioether (sulfide) groups is 1. The fourth-order valence-corrected chi connectivity index (χ4v) is 3.26. The first kappa shape index (κ1) is 20.0. The Bertz CT molecular complexity index is 824. The van der Waals surface area contributed by atoms with E-state index in [2.05, 4.69) is 21.6 Å². The first-order chi connectivity index (χ1) is 12.3. The fourth-order valence-electron chi connectivity index (χ4n) is 2.46. The van der Waals surface area contributed by atoms with Gasteiger partial charge in [-0.1, -0.05) is 49.9 Å². The Kier molecular flexibility index (Phi) is 6.43. The quantitative estimate of drug-likeness (QED) is 0.754. The topological polar surface area (TPSA) is 83.6 Å². The highest BCUT2D eigenvalue weighted by Crippen LogP contribution is 2.26. The molecule has 1 heterocycles. The molecule has 0 fully saturated rings. The minimum absolute atomic E-state index is 0.0217. The first-order valence-electron chi connectivity index (χ1n) is 8.66. The van der Waals surface area contributed by atoms with Gasteiger partial charge < -0.3 is 9.88 Å². The Hall–Kier alpha value is -2.33. The summed E-state index contributed by atoms with van der Waals surface area (Å²) in [5.41, 5.74) is 1.29. The van der Waals surface area contributed by atoms with Gasteiger partial charge in [-0.2, -0.15) is 5.26 Å². The molecule has 1 unspecified atom stereocenters. The van der Waals surface area contributed by atoms with Crippen LogP contribution in [0.2, 0.25) is 0 Å². The summed E-state index contributed by atoms with van der Waals surface area (Å²) in [5, 5.41) is 21.4. The van der Waals surface area contributed by atoms with Crippen LogP contribution in [0.3, 0.4) is 0 Å². The second kappa shape index (κ2) is 8.37. The Balaban J connectivity index is 2.13. The van der Waals surface area contributed by atoms with Gasteiger partial charge in [0.15, 0.2) is 11.0 Å². The highest BCUT2D eigenvalue weighted by Gasteiger charge is 2.30. The third kappa shape index (κ3) is 4.25. The van der Waals surface area contributed by atoms with Crippen molar-refractivity contribution < 1.29 is 4.79 Å². The molecule has 0 spiro atoms. The third-order valence-corrected chi connectivity index (χ3v) is 5.50. The molecule has 0 aliphatic carbocycles. The number of nitrogens with zero attached hydrogens (tertiary/aromatic N) is 4. The summed E-state index contributed by atoms with van der Waals surface area (Å²) < 4.78 is 2.01. The van der Waals surface area contributed by atoms with Crippen LogP contribution in [0.1, 0.15) is 33.3 Å². The number of nitriles is 1.